The predicted molar refractivity (Wildman–Crippen MR) is 81.1 cm³/mol. The SMILES string of the molecule is COc1cccc(CN[C@H](C)c2ccc(C)cc2)c1O. The zero-order chi connectivity index (χ0) is 14.5. The van der Waals surface area contributed by atoms with E-state index < -0.39 is 0 Å². The Labute approximate surface area is 120 Å². The van der Waals surface area contributed by atoms with Crippen LogP contribution in [0.1, 0.15) is 29.7 Å². The van der Waals surface area contributed by atoms with Crippen LogP contribution in [0.3, 0.4) is 0 Å². The number of para-hydroxylation sites is 1. The van der Waals surface area contributed by atoms with E-state index in [1.807, 2.05) is 12.1 Å². The Morgan fingerprint density at radius 1 is 1.15 bits per heavy atom. The van der Waals surface area contributed by atoms with Crippen LogP contribution in [-0.4, -0.2) is 12.2 Å². The molecule has 0 heterocycles. The van der Waals surface area contributed by atoms with E-state index >= 15 is 0 Å². The third kappa shape index (κ3) is 3.31. The van der Waals surface area contributed by atoms with Crippen LogP contribution < -0.4 is 10.1 Å². The van der Waals surface area contributed by atoms with E-state index in [4.69, 9.17) is 4.74 Å². The van der Waals surface area contributed by atoms with Crippen LogP contribution in [-0.2, 0) is 6.54 Å². The standard InChI is InChI=1S/C17H21NO2/c1-12-7-9-14(10-8-12)13(2)18-11-15-5-4-6-16(20-3)17(15)19/h4-10,13,18-19H,11H2,1-3H3/t13-/m1/s1. The van der Waals surface area contributed by atoms with Crippen molar-refractivity contribution in [3.8, 4) is 11.5 Å². The van der Waals surface area contributed by atoms with Gasteiger partial charge in [0.1, 0.15) is 0 Å². The Morgan fingerprint density at radius 2 is 1.85 bits per heavy atom. The summed E-state index contributed by atoms with van der Waals surface area (Å²) >= 11 is 0. The average molecular weight is 271 g/mol. The number of hydrogen-bond donors (Lipinski definition) is 2. The number of aromatic hydroxyl groups is 1. The molecule has 0 bridgehead atoms. The molecule has 1 atom stereocenters. The maximum Gasteiger partial charge on any atom is 0.162 e. The molecular formula is C17H21NO2. The lowest BCUT2D eigenvalue weighted by atomic mass is 10.1. The first-order valence-corrected chi connectivity index (χ1v) is 6.76. The first kappa shape index (κ1) is 14.4. The Kier molecular flexibility index (Phi) is 4.64. The lowest BCUT2D eigenvalue weighted by Crippen LogP contribution is -2.18. The van der Waals surface area contributed by atoms with Gasteiger partial charge in [-0.3, -0.25) is 0 Å². The largest absolute Gasteiger partial charge is 0.504 e. The van der Waals surface area contributed by atoms with Crippen LogP contribution in [0.2, 0.25) is 0 Å². The summed E-state index contributed by atoms with van der Waals surface area (Å²) in [4.78, 5) is 0. The molecule has 20 heavy (non-hydrogen) atoms. The van der Waals surface area contributed by atoms with Crippen molar-refractivity contribution in [1.29, 1.82) is 0 Å². The van der Waals surface area contributed by atoms with Crippen molar-refractivity contribution in [3.05, 3.63) is 59.2 Å². The first-order valence-electron chi connectivity index (χ1n) is 6.76. The Balaban J connectivity index is 2.03. The molecule has 2 N–H and O–H groups in total. The van der Waals surface area contributed by atoms with Gasteiger partial charge in [0.25, 0.3) is 0 Å². The van der Waals surface area contributed by atoms with Gasteiger partial charge in [0.2, 0.25) is 0 Å². The smallest absolute Gasteiger partial charge is 0.162 e. The van der Waals surface area contributed by atoms with Crippen LogP contribution in [0.25, 0.3) is 0 Å². The summed E-state index contributed by atoms with van der Waals surface area (Å²) in [6.07, 6.45) is 0. The molecule has 0 aliphatic heterocycles. The second-order valence-electron chi connectivity index (χ2n) is 4.98. The van der Waals surface area contributed by atoms with Crippen LogP contribution in [0.15, 0.2) is 42.5 Å². The quantitative estimate of drug-likeness (QED) is 0.873. The van der Waals surface area contributed by atoms with Crippen LogP contribution >= 0.6 is 0 Å². The summed E-state index contributed by atoms with van der Waals surface area (Å²) in [6, 6.07) is 14.2. The summed E-state index contributed by atoms with van der Waals surface area (Å²) in [5.74, 6) is 0.714. The molecule has 0 radical (unpaired) electrons. The molecular weight excluding hydrogens is 250 g/mol. The molecule has 0 aromatic heterocycles. The number of nitrogens with one attached hydrogen (secondary N) is 1. The maximum atomic E-state index is 10.0. The van der Waals surface area contributed by atoms with Gasteiger partial charge in [0, 0.05) is 18.2 Å². The topological polar surface area (TPSA) is 41.5 Å². The van der Waals surface area contributed by atoms with Crippen molar-refractivity contribution < 1.29 is 9.84 Å². The van der Waals surface area contributed by atoms with Gasteiger partial charge in [-0.05, 0) is 25.5 Å². The van der Waals surface area contributed by atoms with Crippen LogP contribution in [0.4, 0.5) is 0 Å². The van der Waals surface area contributed by atoms with E-state index in [0.29, 0.717) is 12.3 Å². The minimum absolute atomic E-state index is 0.207. The minimum Gasteiger partial charge on any atom is -0.504 e. The van der Waals surface area contributed by atoms with Crippen molar-refractivity contribution in [1.82, 2.24) is 5.32 Å². The second-order valence-corrected chi connectivity index (χ2v) is 4.98. The molecule has 3 nitrogen and oxygen atoms in total. The van der Waals surface area contributed by atoms with Crippen LogP contribution in [0.5, 0.6) is 11.5 Å². The molecule has 0 spiro atoms. The van der Waals surface area contributed by atoms with Crippen molar-refractivity contribution in [2.75, 3.05) is 7.11 Å². The number of phenols is 1. The van der Waals surface area contributed by atoms with E-state index in [-0.39, 0.29) is 11.8 Å². The number of benzene rings is 2. The third-order valence-corrected chi connectivity index (χ3v) is 3.48. The number of hydrogen-bond acceptors (Lipinski definition) is 3. The predicted octanol–water partition coefficient (Wildman–Crippen LogP) is 3.56. The molecule has 2 rings (SSSR count). The fourth-order valence-corrected chi connectivity index (χ4v) is 2.11. The first-order chi connectivity index (χ1) is 9.61. The molecule has 2 aromatic carbocycles. The summed E-state index contributed by atoms with van der Waals surface area (Å²) in [5, 5.41) is 13.5. The zero-order valence-electron chi connectivity index (χ0n) is 12.2. The number of methoxy groups -OCH3 is 1. The summed E-state index contributed by atoms with van der Waals surface area (Å²) < 4.78 is 5.11. The van der Waals surface area contributed by atoms with Gasteiger partial charge >= 0.3 is 0 Å². The monoisotopic (exact) mass is 271 g/mol. The van der Waals surface area contributed by atoms with E-state index in [1.165, 1.54) is 11.1 Å². The van der Waals surface area contributed by atoms with Gasteiger partial charge in [0.15, 0.2) is 11.5 Å². The van der Waals surface area contributed by atoms with Gasteiger partial charge in [-0.2, -0.15) is 0 Å². The van der Waals surface area contributed by atoms with Gasteiger partial charge in [-0.1, -0.05) is 42.0 Å². The zero-order valence-corrected chi connectivity index (χ0v) is 12.2. The molecule has 0 saturated heterocycles. The molecule has 0 fully saturated rings. The van der Waals surface area contributed by atoms with E-state index in [0.717, 1.165) is 5.56 Å². The highest BCUT2D eigenvalue weighted by Crippen LogP contribution is 2.29. The molecule has 3 heteroatoms. The van der Waals surface area contributed by atoms with E-state index in [2.05, 4.69) is 43.4 Å². The lowest BCUT2D eigenvalue weighted by Gasteiger charge is -2.16. The maximum absolute atomic E-state index is 10.0. The second kappa shape index (κ2) is 6.44. The normalized spacial score (nSPS) is 12.2. The number of phenolic OH excluding ortho intramolecular Hbond substituents is 1. The van der Waals surface area contributed by atoms with Crippen LogP contribution in [0, 0.1) is 6.92 Å². The van der Waals surface area contributed by atoms with Crippen molar-refractivity contribution >= 4 is 0 Å². The highest BCUT2D eigenvalue weighted by Gasteiger charge is 2.09. The van der Waals surface area contributed by atoms with Crippen molar-refractivity contribution in [2.24, 2.45) is 0 Å². The average Bonchev–Trinajstić information content (AvgIpc) is 2.46. The fourth-order valence-electron chi connectivity index (χ4n) is 2.11. The fraction of sp³-hybridized carbons (Fsp3) is 0.294. The van der Waals surface area contributed by atoms with Gasteiger partial charge in [-0.15, -0.1) is 0 Å². The summed E-state index contributed by atoms with van der Waals surface area (Å²) in [6.45, 7) is 4.79. The summed E-state index contributed by atoms with van der Waals surface area (Å²) in [7, 11) is 1.56. The van der Waals surface area contributed by atoms with Crippen molar-refractivity contribution in [2.45, 2.75) is 26.4 Å². The molecule has 106 valence electrons. The van der Waals surface area contributed by atoms with E-state index in [9.17, 15) is 5.11 Å². The van der Waals surface area contributed by atoms with E-state index in [1.54, 1.807) is 13.2 Å². The molecule has 0 aliphatic carbocycles. The lowest BCUT2D eigenvalue weighted by molar-refractivity contribution is 0.369. The molecule has 0 unspecified atom stereocenters. The Bertz CT molecular complexity index is 564. The van der Waals surface area contributed by atoms with Crippen molar-refractivity contribution in [3.63, 3.8) is 0 Å². The minimum atomic E-state index is 0.207. The third-order valence-electron chi connectivity index (χ3n) is 3.48. The highest BCUT2D eigenvalue weighted by atomic mass is 16.5. The Hall–Kier alpha value is -2.00. The van der Waals surface area contributed by atoms with Gasteiger partial charge in [0.05, 0.1) is 7.11 Å². The molecule has 0 saturated carbocycles. The van der Waals surface area contributed by atoms with Gasteiger partial charge < -0.3 is 15.2 Å². The van der Waals surface area contributed by atoms with Gasteiger partial charge in [-0.25, -0.2) is 0 Å². The summed E-state index contributed by atoms with van der Waals surface area (Å²) in [5.41, 5.74) is 3.33. The molecule has 2 aromatic rings. The number of aryl methyl sites for hydroxylation is 1. The molecule has 0 aliphatic rings. The molecule has 0 amide bonds. The Morgan fingerprint density at radius 3 is 2.50 bits per heavy atom. The number of ether oxygens (including phenoxy) is 1. The highest BCUT2D eigenvalue weighted by molar-refractivity contribution is 5.45. The number of rotatable bonds is 5.